The van der Waals surface area contributed by atoms with E-state index in [1.165, 1.54) is 17.8 Å². The Bertz CT molecular complexity index is 488. The number of terminal acetylenes is 1. The van der Waals surface area contributed by atoms with Crippen LogP contribution in [0.3, 0.4) is 0 Å². The van der Waals surface area contributed by atoms with E-state index in [1.54, 1.807) is 6.07 Å². The van der Waals surface area contributed by atoms with Crippen LogP contribution in [0.4, 0.5) is 0 Å². The zero-order chi connectivity index (χ0) is 12.7. The van der Waals surface area contributed by atoms with Crippen LogP contribution in [0.2, 0.25) is 0 Å². The highest BCUT2D eigenvalue weighted by molar-refractivity contribution is 7.99. The maximum atomic E-state index is 11.7. The molecule has 94 valence electrons. The smallest absolute Gasteiger partial charge is 0.273 e. The van der Waals surface area contributed by atoms with Gasteiger partial charge in [0.1, 0.15) is 5.76 Å². The highest BCUT2D eigenvalue weighted by Gasteiger charge is 2.17. The maximum absolute atomic E-state index is 11.7. The summed E-state index contributed by atoms with van der Waals surface area (Å²) >= 11 is 1.49. The zero-order valence-electron chi connectivity index (χ0n) is 9.18. The van der Waals surface area contributed by atoms with Gasteiger partial charge >= 0.3 is 0 Å². The van der Waals surface area contributed by atoms with Crippen LogP contribution in [0.25, 0.3) is 0 Å². The Morgan fingerprint density at radius 1 is 1.53 bits per heavy atom. The molecule has 0 aliphatic carbocycles. The molecule has 0 unspecified atom stereocenters. The van der Waals surface area contributed by atoms with Gasteiger partial charge in [-0.05, 0) is 12.1 Å². The van der Waals surface area contributed by atoms with E-state index in [4.69, 9.17) is 16.6 Å². The Hall–Kier alpha value is -0.940. The van der Waals surface area contributed by atoms with Gasteiger partial charge in [-0.2, -0.15) is 0 Å². The van der Waals surface area contributed by atoms with E-state index in [0.29, 0.717) is 23.8 Å². The fourth-order valence-electron chi connectivity index (χ4n) is 1.06. The molecular formula is C10H14N2O3S2. The molecule has 0 saturated heterocycles. The topological polar surface area (TPSA) is 85.3 Å². The van der Waals surface area contributed by atoms with Crippen LogP contribution in [0.5, 0.6) is 0 Å². The van der Waals surface area contributed by atoms with Crippen molar-refractivity contribution in [2.75, 3.05) is 18.1 Å². The standard InChI is InChI=1S/C10H14N2O3S2/c1-2-6-16-7-5-12-17(13,14)10-4-3-9(8-11)15-10/h1,3-4,12H,5-8,11H2. The number of nitrogens with two attached hydrogens (primary N) is 1. The number of furan rings is 1. The summed E-state index contributed by atoms with van der Waals surface area (Å²) in [5, 5.41) is -0.111. The van der Waals surface area contributed by atoms with Crippen LogP contribution in [-0.4, -0.2) is 26.5 Å². The summed E-state index contributed by atoms with van der Waals surface area (Å²) in [5.74, 6) is 4.09. The van der Waals surface area contributed by atoms with Crippen molar-refractivity contribution < 1.29 is 12.8 Å². The van der Waals surface area contributed by atoms with Crippen LogP contribution in [0.15, 0.2) is 21.6 Å². The highest BCUT2D eigenvalue weighted by Crippen LogP contribution is 2.13. The summed E-state index contributed by atoms with van der Waals surface area (Å²) in [7, 11) is -3.57. The molecule has 0 bridgehead atoms. The van der Waals surface area contributed by atoms with E-state index in [9.17, 15) is 8.42 Å². The number of sulfonamides is 1. The highest BCUT2D eigenvalue weighted by atomic mass is 32.2. The first-order chi connectivity index (χ1) is 8.10. The second kappa shape index (κ2) is 6.71. The van der Waals surface area contributed by atoms with Gasteiger partial charge in [-0.25, -0.2) is 13.1 Å². The van der Waals surface area contributed by atoms with Crippen molar-refractivity contribution in [3.05, 3.63) is 17.9 Å². The predicted octanol–water partition coefficient (Wildman–Crippen LogP) is 0.383. The molecule has 3 N–H and O–H groups in total. The maximum Gasteiger partial charge on any atom is 0.273 e. The molecule has 1 heterocycles. The molecule has 0 saturated carbocycles. The van der Waals surface area contributed by atoms with E-state index in [1.807, 2.05) is 0 Å². The van der Waals surface area contributed by atoms with E-state index in [-0.39, 0.29) is 11.6 Å². The SMILES string of the molecule is C#CCSCCNS(=O)(=O)c1ccc(CN)o1. The Morgan fingerprint density at radius 2 is 2.29 bits per heavy atom. The Morgan fingerprint density at radius 3 is 2.88 bits per heavy atom. The average Bonchev–Trinajstić information content (AvgIpc) is 2.78. The second-order valence-corrected chi connectivity index (χ2v) is 5.88. The molecule has 0 radical (unpaired) electrons. The first-order valence-electron chi connectivity index (χ1n) is 4.90. The third-order valence-electron chi connectivity index (χ3n) is 1.83. The van der Waals surface area contributed by atoms with Gasteiger partial charge in [0.15, 0.2) is 0 Å². The molecule has 7 heteroatoms. The predicted molar refractivity (Wildman–Crippen MR) is 67.9 cm³/mol. The van der Waals surface area contributed by atoms with Gasteiger partial charge < -0.3 is 10.2 Å². The molecule has 1 rings (SSSR count). The average molecular weight is 274 g/mol. The number of rotatable bonds is 7. The molecule has 17 heavy (non-hydrogen) atoms. The normalized spacial score (nSPS) is 11.3. The number of thioether (sulfide) groups is 1. The summed E-state index contributed by atoms with van der Waals surface area (Å²) in [6, 6.07) is 2.93. The first kappa shape index (κ1) is 14.1. The van der Waals surface area contributed by atoms with Crippen molar-refractivity contribution in [3.8, 4) is 12.3 Å². The minimum Gasteiger partial charge on any atom is -0.447 e. The third-order valence-corrected chi connectivity index (χ3v) is 4.02. The van der Waals surface area contributed by atoms with Gasteiger partial charge in [-0.1, -0.05) is 5.92 Å². The van der Waals surface area contributed by atoms with Crippen molar-refractivity contribution >= 4 is 21.8 Å². The monoisotopic (exact) mass is 274 g/mol. The minimum absolute atomic E-state index is 0.111. The Balaban J connectivity index is 2.49. The van der Waals surface area contributed by atoms with Crippen LogP contribution in [0.1, 0.15) is 5.76 Å². The van der Waals surface area contributed by atoms with Gasteiger partial charge in [0, 0.05) is 12.3 Å². The lowest BCUT2D eigenvalue weighted by atomic mass is 10.5. The summed E-state index contributed by atoms with van der Waals surface area (Å²) in [5.41, 5.74) is 5.33. The largest absolute Gasteiger partial charge is 0.447 e. The van der Waals surface area contributed by atoms with E-state index < -0.39 is 10.0 Å². The summed E-state index contributed by atoms with van der Waals surface area (Å²) in [6.07, 6.45) is 5.07. The fourth-order valence-corrected chi connectivity index (χ4v) is 2.68. The van der Waals surface area contributed by atoms with Crippen molar-refractivity contribution in [2.24, 2.45) is 5.73 Å². The molecule has 0 aromatic carbocycles. The molecule has 1 aromatic heterocycles. The molecule has 5 nitrogen and oxygen atoms in total. The van der Waals surface area contributed by atoms with Crippen molar-refractivity contribution in [1.82, 2.24) is 4.72 Å². The van der Waals surface area contributed by atoms with Crippen molar-refractivity contribution in [1.29, 1.82) is 0 Å². The van der Waals surface area contributed by atoms with E-state index in [2.05, 4.69) is 10.6 Å². The van der Waals surface area contributed by atoms with Crippen LogP contribution < -0.4 is 10.5 Å². The molecule has 0 aliphatic rings. The van der Waals surface area contributed by atoms with Crippen LogP contribution in [-0.2, 0) is 16.6 Å². The number of hydrogen-bond donors (Lipinski definition) is 2. The summed E-state index contributed by atoms with van der Waals surface area (Å²) in [6.45, 7) is 0.487. The summed E-state index contributed by atoms with van der Waals surface area (Å²) < 4.78 is 30.9. The van der Waals surface area contributed by atoms with Crippen LogP contribution >= 0.6 is 11.8 Å². The molecule has 0 spiro atoms. The molecule has 0 fully saturated rings. The lowest BCUT2D eigenvalue weighted by Gasteiger charge is -2.02. The molecule has 0 atom stereocenters. The Kier molecular flexibility index (Phi) is 5.58. The molecule has 0 amide bonds. The molecule has 0 aliphatic heterocycles. The second-order valence-electron chi connectivity index (χ2n) is 3.08. The van der Waals surface area contributed by atoms with E-state index in [0.717, 1.165) is 0 Å². The van der Waals surface area contributed by atoms with Crippen molar-refractivity contribution in [3.63, 3.8) is 0 Å². The summed E-state index contributed by atoms with van der Waals surface area (Å²) in [4.78, 5) is 0. The van der Waals surface area contributed by atoms with E-state index >= 15 is 0 Å². The van der Waals surface area contributed by atoms with Gasteiger partial charge in [0.2, 0.25) is 5.09 Å². The lowest BCUT2D eigenvalue weighted by molar-refractivity contribution is 0.413. The quantitative estimate of drug-likeness (QED) is 0.555. The molecular weight excluding hydrogens is 260 g/mol. The third kappa shape index (κ3) is 4.44. The fraction of sp³-hybridized carbons (Fsp3) is 0.400. The molecule has 1 aromatic rings. The lowest BCUT2D eigenvalue weighted by Crippen LogP contribution is -2.25. The minimum atomic E-state index is -3.57. The van der Waals surface area contributed by atoms with Gasteiger partial charge in [-0.3, -0.25) is 0 Å². The Labute approximate surface area is 105 Å². The zero-order valence-corrected chi connectivity index (χ0v) is 10.8. The van der Waals surface area contributed by atoms with Crippen LogP contribution in [0, 0.1) is 12.3 Å². The van der Waals surface area contributed by atoms with Gasteiger partial charge in [0.25, 0.3) is 10.0 Å². The van der Waals surface area contributed by atoms with Gasteiger partial charge in [-0.15, -0.1) is 18.2 Å². The first-order valence-corrected chi connectivity index (χ1v) is 7.53. The van der Waals surface area contributed by atoms with Crippen molar-refractivity contribution in [2.45, 2.75) is 11.6 Å². The van der Waals surface area contributed by atoms with Gasteiger partial charge in [0.05, 0.1) is 12.3 Å². The number of nitrogens with one attached hydrogen (secondary N) is 1. The number of hydrogen-bond acceptors (Lipinski definition) is 5.